The summed E-state index contributed by atoms with van der Waals surface area (Å²) in [5, 5.41) is 0. The standard InChI is InChI=1S/C12H21NSi/c1-11(13)14(2)10-6-9-12-7-4-3-5-8-12/h3-5,7-8,11,14H,6,9-10,13H2,1-2H3. The van der Waals surface area contributed by atoms with Gasteiger partial charge in [0.1, 0.15) is 0 Å². The highest BCUT2D eigenvalue weighted by Crippen LogP contribution is 2.07. The fourth-order valence-corrected chi connectivity index (χ4v) is 2.91. The first kappa shape index (κ1) is 11.5. The molecule has 0 amide bonds. The largest absolute Gasteiger partial charge is 0.331 e. The van der Waals surface area contributed by atoms with Gasteiger partial charge in [-0.25, -0.2) is 0 Å². The van der Waals surface area contributed by atoms with Crippen LogP contribution in [0.1, 0.15) is 18.9 Å². The van der Waals surface area contributed by atoms with Crippen LogP contribution < -0.4 is 5.73 Å². The van der Waals surface area contributed by atoms with Gasteiger partial charge in [-0.3, -0.25) is 0 Å². The molecular formula is C12H21NSi. The maximum atomic E-state index is 5.88. The fourth-order valence-electron chi connectivity index (χ4n) is 1.54. The number of rotatable bonds is 5. The van der Waals surface area contributed by atoms with Gasteiger partial charge in [-0.2, -0.15) is 0 Å². The molecule has 2 N–H and O–H groups in total. The molecule has 0 saturated carbocycles. The van der Waals surface area contributed by atoms with Crippen LogP contribution in [-0.2, 0) is 6.42 Å². The van der Waals surface area contributed by atoms with E-state index in [1.165, 1.54) is 24.4 Å². The number of hydrogen-bond acceptors (Lipinski definition) is 1. The zero-order valence-electron chi connectivity index (χ0n) is 9.24. The lowest BCUT2D eigenvalue weighted by atomic mass is 10.1. The molecule has 0 saturated heterocycles. The highest BCUT2D eigenvalue weighted by Gasteiger charge is 2.08. The number of nitrogens with two attached hydrogens (primary N) is 1. The molecule has 2 atom stereocenters. The molecule has 78 valence electrons. The average molecular weight is 207 g/mol. The highest BCUT2D eigenvalue weighted by atomic mass is 28.3. The third-order valence-corrected chi connectivity index (χ3v) is 5.98. The Hall–Kier alpha value is -0.603. The second-order valence-electron chi connectivity index (χ2n) is 4.21. The van der Waals surface area contributed by atoms with Crippen molar-refractivity contribution < 1.29 is 0 Å². The van der Waals surface area contributed by atoms with E-state index >= 15 is 0 Å². The van der Waals surface area contributed by atoms with Crippen molar-refractivity contribution in [1.82, 2.24) is 0 Å². The summed E-state index contributed by atoms with van der Waals surface area (Å²) in [6.07, 6.45) is 2.52. The second kappa shape index (κ2) is 5.99. The van der Waals surface area contributed by atoms with E-state index < -0.39 is 8.80 Å². The molecule has 1 rings (SSSR count). The van der Waals surface area contributed by atoms with Crippen molar-refractivity contribution in [2.24, 2.45) is 5.73 Å². The van der Waals surface area contributed by atoms with Gasteiger partial charge >= 0.3 is 0 Å². The molecule has 2 heteroatoms. The van der Waals surface area contributed by atoms with Crippen LogP contribution >= 0.6 is 0 Å². The van der Waals surface area contributed by atoms with Gasteiger partial charge in [-0.05, 0) is 17.6 Å². The first-order valence-corrected chi connectivity index (χ1v) is 8.13. The normalized spacial score (nSPS) is 15.1. The predicted octanol–water partition coefficient (Wildman–Crippen LogP) is 2.36. The van der Waals surface area contributed by atoms with E-state index in [0.717, 1.165) is 0 Å². The molecule has 2 unspecified atom stereocenters. The van der Waals surface area contributed by atoms with E-state index in [0.29, 0.717) is 5.67 Å². The van der Waals surface area contributed by atoms with Crippen molar-refractivity contribution in [3.8, 4) is 0 Å². The van der Waals surface area contributed by atoms with Gasteiger partial charge in [-0.1, -0.05) is 56.3 Å². The zero-order valence-corrected chi connectivity index (χ0v) is 10.4. The number of aryl methyl sites for hydroxylation is 1. The summed E-state index contributed by atoms with van der Waals surface area (Å²) in [7, 11) is -0.639. The monoisotopic (exact) mass is 207 g/mol. The summed E-state index contributed by atoms with van der Waals surface area (Å²) >= 11 is 0. The maximum Gasteiger partial charge on any atom is 0.0529 e. The van der Waals surface area contributed by atoms with E-state index in [9.17, 15) is 0 Å². The highest BCUT2D eigenvalue weighted by molar-refractivity contribution is 6.58. The van der Waals surface area contributed by atoms with Gasteiger partial charge < -0.3 is 5.73 Å². The van der Waals surface area contributed by atoms with Crippen LogP contribution in [0.4, 0.5) is 0 Å². The third-order valence-electron chi connectivity index (χ3n) is 2.87. The molecule has 0 fully saturated rings. The maximum absolute atomic E-state index is 5.88. The number of hydrogen-bond donors (Lipinski definition) is 1. The molecular weight excluding hydrogens is 186 g/mol. The summed E-state index contributed by atoms with van der Waals surface area (Å²) in [4.78, 5) is 0. The zero-order chi connectivity index (χ0) is 10.4. The van der Waals surface area contributed by atoms with Crippen LogP contribution in [0, 0.1) is 0 Å². The minimum Gasteiger partial charge on any atom is -0.331 e. The molecule has 0 spiro atoms. The number of benzene rings is 1. The smallest absolute Gasteiger partial charge is 0.0529 e. The first-order chi connectivity index (χ1) is 6.70. The fraction of sp³-hybridized carbons (Fsp3) is 0.500. The average Bonchev–Trinajstić information content (AvgIpc) is 2.19. The summed E-state index contributed by atoms with van der Waals surface area (Å²) in [6.45, 7) is 4.52. The van der Waals surface area contributed by atoms with E-state index in [4.69, 9.17) is 5.73 Å². The van der Waals surface area contributed by atoms with Crippen molar-refractivity contribution in [1.29, 1.82) is 0 Å². The minimum atomic E-state index is -0.639. The Kier molecular flexibility index (Phi) is 4.91. The quantitative estimate of drug-likeness (QED) is 0.737. The Labute approximate surface area is 88.9 Å². The molecule has 0 heterocycles. The van der Waals surface area contributed by atoms with Crippen LogP contribution in [0.2, 0.25) is 12.6 Å². The van der Waals surface area contributed by atoms with Crippen molar-refractivity contribution >= 4 is 8.80 Å². The molecule has 0 aliphatic rings. The van der Waals surface area contributed by atoms with Crippen LogP contribution in [0.15, 0.2) is 30.3 Å². The van der Waals surface area contributed by atoms with Gasteiger partial charge in [0.05, 0.1) is 8.80 Å². The third kappa shape index (κ3) is 4.07. The SMILES string of the molecule is CC(N)[SiH](C)CCCc1ccccc1. The van der Waals surface area contributed by atoms with Gasteiger partial charge in [0.15, 0.2) is 0 Å². The first-order valence-electron chi connectivity index (χ1n) is 5.49. The molecule has 0 aliphatic carbocycles. The summed E-state index contributed by atoms with van der Waals surface area (Å²) in [5.74, 6) is 0. The van der Waals surface area contributed by atoms with Gasteiger partial charge in [0.2, 0.25) is 0 Å². The van der Waals surface area contributed by atoms with Crippen molar-refractivity contribution in [2.75, 3.05) is 0 Å². The van der Waals surface area contributed by atoms with Gasteiger partial charge in [0.25, 0.3) is 0 Å². The van der Waals surface area contributed by atoms with Crippen LogP contribution in [0.25, 0.3) is 0 Å². The summed E-state index contributed by atoms with van der Waals surface area (Å²) < 4.78 is 0. The van der Waals surface area contributed by atoms with Crippen LogP contribution in [0.3, 0.4) is 0 Å². The second-order valence-corrected chi connectivity index (χ2v) is 7.80. The van der Waals surface area contributed by atoms with Gasteiger partial charge in [0, 0.05) is 0 Å². The van der Waals surface area contributed by atoms with Gasteiger partial charge in [-0.15, -0.1) is 0 Å². The van der Waals surface area contributed by atoms with Crippen molar-refractivity contribution in [3.63, 3.8) is 0 Å². The lowest BCUT2D eigenvalue weighted by Gasteiger charge is -2.13. The Balaban J connectivity index is 2.22. The molecule has 0 bridgehead atoms. The summed E-state index contributed by atoms with van der Waals surface area (Å²) in [5.41, 5.74) is 7.80. The molecule has 0 aliphatic heterocycles. The molecule has 1 nitrogen and oxygen atoms in total. The van der Waals surface area contributed by atoms with E-state index in [1.54, 1.807) is 0 Å². The molecule has 1 aromatic carbocycles. The van der Waals surface area contributed by atoms with Crippen LogP contribution in [-0.4, -0.2) is 14.5 Å². The minimum absolute atomic E-state index is 0.464. The van der Waals surface area contributed by atoms with E-state index in [2.05, 4.69) is 43.8 Å². The van der Waals surface area contributed by atoms with Crippen molar-refractivity contribution in [2.45, 2.75) is 38.0 Å². The lowest BCUT2D eigenvalue weighted by molar-refractivity contribution is 0.881. The lowest BCUT2D eigenvalue weighted by Crippen LogP contribution is -2.32. The molecule has 1 aromatic rings. The Bertz CT molecular complexity index is 246. The van der Waals surface area contributed by atoms with Crippen molar-refractivity contribution in [3.05, 3.63) is 35.9 Å². The summed E-state index contributed by atoms with van der Waals surface area (Å²) in [6, 6.07) is 12.1. The Morgan fingerprint density at radius 3 is 2.50 bits per heavy atom. The molecule has 0 aromatic heterocycles. The van der Waals surface area contributed by atoms with Crippen LogP contribution in [0.5, 0.6) is 0 Å². The Morgan fingerprint density at radius 2 is 1.93 bits per heavy atom. The van der Waals surface area contributed by atoms with E-state index in [1.807, 2.05) is 0 Å². The molecule has 14 heavy (non-hydrogen) atoms. The topological polar surface area (TPSA) is 26.0 Å². The van der Waals surface area contributed by atoms with E-state index in [-0.39, 0.29) is 0 Å². The molecule has 0 radical (unpaired) electrons. The predicted molar refractivity (Wildman–Crippen MR) is 66.2 cm³/mol. The Morgan fingerprint density at radius 1 is 1.29 bits per heavy atom.